The number of halogens is 2. The minimum Gasteiger partial charge on any atom is -0.295 e. The largest absolute Gasteiger partial charge is 0.297 e. The molecule has 0 unspecified atom stereocenters. The number of para-hydroxylation sites is 1. The molecule has 0 saturated heterocycles. The first-order chi connectivity index (χ1) is 11.2. The first kappa shape index (κ1) is 14.1. The van der Waals surface area contributed by atoms with Gasteiger partial charge >= 0.3 is 0 Å². The molecule has 0 N–H and O–H groups in total. The van der Waals surface area contributed by atoms with E-state index in [0.29, 0.717) is 15.7 Å². The Hall–Kier alpha value is -2.54. The van der Waals surface area contributed by atoms with Crippen molar-refractivity contribution in [2.75, 3.05) is 0 Å². The third-order valence-electron chi connectivity index (χ3n) is 3.37. The van der Waals surface area contributed by atoms with Gasteiger partial charge in [-0.2, -0.15) is 0 Å². The highest BCUT2D eigenvalue weighted by Gasteiger charge is 2.17. The summed E-state index contributed by atoms with van der Waals surface area (Å²) >= 11 is 1.25. The molecule has 0 aliphatic rings. The number of aromatic nitrogens is 4. The third-order valence-corrected chi connectivity index (χ3v) is 4.36. The molecule has 7 heteroatoms. The molecule has 23 heavy (non-hydrogen) atoms. The summed E-state index contributed by atoms with van der Waals surface area (Å²) in [6.07, 6.45) is 0.901. The molecule has 0 atom stereocenters. The van der Waals surface area contributed by atoms with Crippen molar-refractivity contribution in [1.29, 1.82) is 0 Å². The van der Waals surface area contributed by atoms with Gasteiger partial charge in [0.05, 0.1) is 17.2 Å². The Morgan fingerprint density at radius 3 is 2.70 bits per heavy atom. The zero-order chi connectivity index (χ0) is 15.8. The van der Waals surface area contributed by atoms with E-state index in [1.807, 2.05) is 40.9 Å². The van der Waals surface area contributed by atoms with Crippen molar-refractivity contribution in [1.82, 2.24) is 19.4 Å². The van der Waals surface area contributed by atoms with Crippen LogP contribution in [0.25, 0.3) is 16.4 Å². The number of rotatable bonds is 3. The minimum absolute atomic E-state index is 0.466. The number of nitrogens with zero attached hydrogens (tertiary/aromatic N) is 4. The van der Waals surface area contributed by atoms with Gasteiger partial charge in [0, 0.05) is 11.6 Å². The van der Waals surface area contributed by atoms with Crippen LogP contribution in [0.4, 0.5) is 8.78 Å². The predicted octanol–water partition coefficient (Wildman–Crippen LogP) is 4.37. The lowest BCUT2D eigenvalue weighted by Crippen LogP contribution is -1.99. The van der Waals surface area contributed by atoms with E-state index in [-0.39, 0.29) is 0 Å². The van der Waals surface area contributed by atoms with Crippen molar-refractivity contribution in [2.24, 2.45) is 0 Å². The number of pyridine rings is 1. The lowest BCUT2D eigenvalue weighted by molar-refractivity contribution is 0.140. The summed E-state index contributed by atoms with van der Waals surface area (Å²) in [6.45, 7) is 0. The summed E-state index contributed by atoms with van der Waals surface area (Å²) in [4.78, 5) is 12.3. The van der Waals surface area contributed by atoms with Crippen molar-refractivity contribution in [3.8, 4) is 0 Å². The van der Waals surface area contributed by atoms with E-state index in [0.717, 1.165) is 10.9 Å². The summed E-state index contributed by atoms with van der Waals surface area (Å²) in [6, 6.07) is 12.9. The van der Waals surface area contributed by atoms with Crippen molar-refractivity contribution in [2.45, 2.75) is 16.6 Å². The molecule has 0 saturated carbocycles. The zero-order valence-electron chi connectivity index (χ0n) is 11.7. The van der Waals surface area contributed by atoms with Gasteiger partial charge in [-0.3, -0.25) is 4.40 Å². The molecule has 3 aromatic heterocycles. The molecule has 0 aliphatic carbocycles. The van der Waals surface area contributed by atoms with Crippen LogP contribution in [0.15, 0.2) is 65.0 Å². The lowest BCUT2D eigenvalue weighted by Gasteiger charge is -2.07. The summed E-state index contributed by atoms with van der Waals surface area (Å²) < 4.78 is 28.0. The Balaban J connectivity index is 1.87. The van der Waals surface area contributed by atoms with Crippen LogP contribution in [-0.2, 0) is 0 Å². The second-order valence-electron chi connectivity index (χ2n) is 4.84. The topological polar surface area (TPSA) is 43.1 Å². The normalized spacial score (nSPS) is 11.6. The Labute approximate surface area is 134 Å². The van der Waals surface area contributed by atoms with E-state index >= 15 is 0 Å². The zero-order valence-corrected chi connectivity index (χ0v) is 12.5. The Morgan fingerprint density at radius 2 is 1.83 bits per heavy atom. The van der Waals surface area contributed by atoms with Crippen LogP contribution >= 0.6 is 11.8 Å². The number of benzene rings is 1. The first-order valence-electron chi connectivity index (χ1n) is 6.87. The molecule has 0 fully saturated rings. The Bertz CT molecular complexity index is 1000. The summed E-state index contributed by atoms with van der Waals surface area (Å²) in [5.41, 5.74) is 1.43. The van der Waals surface area contributed by atoms with Gasteiger partial charge in [0.2, 0.25) is 0 Å². The van der Waals surface area contributed by atoms with Crippen LogP contribution in [0.1, 0.15) is 12.2 Å². The number of alkyl halides is 2. The van der Waals surface area contributed by atoms with E-state index in [2.05, 4.69) is 15.0 Å². The van der Waals surface area contributed by atoms with Gasteiger partial charge in [-0.05, 0) is 30.0 Å². The molecule has 0 aliphatic heterocycles. The van der Waals surface area contributed by atoms with E-state index < -0.39 is 12.2 Å². The fourth-order valence-corrected chi connectivity index (χ4v) is 3.29. The molecular weight excluding hydrogens is 318 g/mol. The molecule has 114 valence electrons. The van der Waals surface area contributed by atoms with Gasteiger partial charge < -0.3 is 0 Å². The van der Waals surface area contributed by atoms with Crippen LogP contribution in [0.3, 0.4) is 0 Å². The van der Waals surface area contributed by atoms with E-state index in [4.69, 9.17) is 0 Å². The van der Waals surface area contributed by atoms with Gasteiger partial charge in [0.25, 0.3) is 6.43 Å². The molecule has 0 spiro atoms. The summed E-state index contributed by atoms with van der Waals surface area (Å²) in [5.74, 6) is -0.466. The molecule has 3 heterocycles. The summed E-state index contributed by atoms with van der Waals surface area (Å²) in [7, 11) is 0. The minimum atomic E-state index is -2.71. The Kier molecular flexibility index (Phi) is 3.42. The quantitative estimate of drug-likeness (QED) is 0.524. The van der Waals surface area contributed by atoms with Crippen LogP contribution in [0, 0.1) is 0 Å². The van der Waals surface area contributed by atoms with Gasteiger partial charge in [-0.25, -0.2) is 23.7 Å². The molecule has 4 rings (SSSR count). The van der Waals surface area contributed by atoms with E-state index in [9.17, 15) is 8.78 Å². The highest BCUT2D eigenvalue weighted by Crippen LogP contribution is 2.32. The number of fused-ring (bicyclic) bond motifs is 2. The van der Waals surface area contributed by atoms with Crippen molar-refractivity contribution in [3.05, 3.63) is 60.7 Å². The van der Waals surface area contributed by atoms with Gasteiger partial charge in [0.15, 0.2) is 11.0 Å². The van der Waals surface area contributed by atoms with Gasteiger partial charge in [-0.15, -0.1) is 0 Å². The molecule has 4 aromatic rings. The lowest BCUT2D eigenvalue weighted by atomic mass is 10.2. The average molecular weight is 328 g/mol. The predicted molar refractivity (Wildman–Crippen MR) is 83.8 cm³/mol. The van der Waals surface area contributed by atoms with E-state index in [1.54, 1.807) is 18.3 Å². The maximum Gasteiger partial charge on any atom is 0.297 e. The molecule has 0 amide bonds. The fraction of sp³-hybridized carbons (Fsp3) is 0.0625. The molecule has 4 nitrogen and oxygen atoms in total. The monoisotopic (exact) mass is 328 g/mol. The van der Waals surface area contributed by atoms with Crippen molar-refractivity contribution < 1.29 is 8.78 Å². The molecule has 1 aromatic carbocycles. The van der Waals surface area contributed by atoms with Crippen LogP contribution in [0.2, 0.25) is 0 Å². The molecular formula is C16H10F2N4S. The number of hydrogen-bond donors (Lipinski definition) is 0. The number of imidazole rings is 1. The fourth-order valence-electron chi connectivity index (χ4n) is 2.32. The first-order valence-corrected chi connectivity index (χ1v) is 7.69. The standard InChI is InChI=1S/C16H10F2N4S/c17-13(18)14-20-12-7-2-1-6-11(12)15(21-14)23-16-19-9-10-5-3-4-8-22(10)16/h1-9,13H. The highest BCUT2D eigenvalue weighted by atomic mass is 32.2. The number of hydrogen-bond acceptors (Lipinski definition) is 4. The SMILES string of the molecule is FC(F)c1nc(Sc2ncc3ccccn23)c2ccccc2n1. The van der Waals surface area contributed by atoms with Crippen LogP contribution in [0.5, 0.6) is 0 Å². The maximum absolute atomic E-state index is 13.1. The van der Waals surface area contributed by atoms with Crippen molar-refractivity contribution in [3.63, 3.8) is 0 Å². The highest BCUT2D eigenvalue weighted by molar-refractivity contribution is 7.99. The average Bonchev–Trinajstić information content (AvgIpc) is 2.98. The van der Waals surface area contributed by atoms with Gasteiger partial charge in [0.1, 0.15) is 5.03 Å². The molecule has 0 bridgehead atoms. The maximum atomic E-state index is 13.1. The summed E-state index contributed by atoms with van der Waals surface area (Å²) in [5, 5.41) is 1.88. The Morgan fingerprint density at radius 1 is 1.00 bits per heavy atom. The second-order valence-corrected chi connectivity index (χ2v) is 5.80. The van der Waals surface area contributed by atoms with Crippen LogP contribution < -0.4 is 0 Å². The van der Waals surface area contributed by atoms with Crippen molar-refractivity contribution >= 4 is 28.2 Å². The molecule has 0 radical (unpaired) electrons. The van der Waals surface area contributed by atoms with E-state index in [1.165, 1.54) is 11.8 Å². The second kappa shape index (κ2) is 5.58. The smallest absolute Gasteiger partial charge is 0.295 e. The van der Waals surface area contributed by atoms with Gasteiger partial charge in [-0.1, -0.05) is 24.3 Å². The van der Waals surface area contributed by atoms with Crippen LogP contribution in [-0.4, -0.2) is 19.4 Å². The third kappa shape index (κ3) is 2.53.